The van der Waals surface area contributed by atoms with E-state index in [-0.39, 0.29) is 5.91 Å². The van der Waals surface area contributed by atoms with E-state index < -0.39 is 0 Å². The van der Waals surface area contributed by atoms with Crippen LogP contribution in [-0.4, -0.2) is 36.5 Å². The fourth-order valence-electron chi connectivity index (χ4n) is 2.49. The van der Waals surface area contributed by atoms with Crippen molar-refractivity contribution >= 4 is 28.5 Å². The minimum atomic E-state index is 0.175. The van der Waals surface area contributed by atoms with Crippen LogP contribution in [0.15, 0.2) is 18.2 Å². The van der Waals surface area contributed by atoms with Crippen molar-refractivity contribution in [3.63, 3.8) is 0 Å². The zero-order valence-electron chi connectivity index (χ0n) is 11.6. The highest BCUT2D eigenvalue weighted by atomic mass is 127. The SMILES string of the molecule is CCCN(C(=O)c1ccc(C)c(I)c1)C1CCNC1. The molecule has 1 saturated heterocycles. The summed E-state index contributed by atoms with van der Waals surface area (Å²) in [5.74, 6) is 0.175. The normalized spacial score (nSPS) is 18.6. The number of benzene rings is 1. The average molecular weight is 372 g/mol. The maximum atomic E-state index is 12.7. The van der Waals surface area contributed by atoms with Gasteiger partial charge in [0.2, 0.25) is 0 Å². The summed E-state index contributed by atoms with van der Waals surface area (Å²) in [6.07, 6.45) is 2.07. The van der Waals surface area contributed by atoms with Gasteiger partial charge in [-0.2, -0.15) is 0 Å². The molecule has 19 heavy (non-hydrogen) atoms. The van der Waals surface area contributed by atoms with Crippen molar-refractivity contribution in [3.05, 3.63) is 32.9 Å². The fraction of sp³-hybridized carbons (Fsp3) is 0.533. The summed E-state index contributed by atoms with van der Waals surface area (Å²) >= 11 is 2.29. The predicted octanol–water partition coefficient (Wildman–Crippen LogP) is 2.81. The molecular weight excluding hydrogens is 351 g/mol. The lowest BCUT2D eigenvalue weighted by Crippen LogP contribution is -2.42. The molecule has 1 fully saturated rings. The quantitative estimate of drug-likeness (QED) is 0.825. The van der Waals surface area contributed by atoms with Gasteiger partial charge >= 0.3 is 0 Å². The van der Waals surface area contributed by atoms with E-state index in [0.717, 1.165) is 41.6 Å². The summed E-state index contributed by atoms with van der Waals surface area (Å²) in [5, 5.41) is 3.34. The minimum absolute atomic E-state index is 0.175. The van der Waals surface area contributed by atoms with Gasteiger partial charge in [-0.15, -0.1) is 0 Å². The molecule has 2 rings (SSSR count). The summed E-state index contributed by atoms with van der Waals surface area (Å²) in [6.45, 7) is 6.98. The Balaban J connectivity index is 2.20. The van der Waals surface area contributed by atoms with Gasteiger partial charge in [-0.25, -0.2) is 0 Å². The van der Waals surface area contributed by atoms with Crippen molar-refractivity contribution in [1.29, 1.82) is 0 Å². The Labute approximate surface area is 128 Å². The Kier molecular flexibility index (Phi) is 5.21. The van der Waals surface area contributed by atoms with Gasteiger partial charge in [-0.1, -0.05) is 13.0 Å². The molecule has 1 aromatic carbocycles. The van der Waals surface area contributed by atoms with E-state index in [4.69, 9.17) is 0 Å². The van der Waals surface area contributed by atoms with Gasteiger partial charge in [0.25, 0.3) is 5.91 Å². The minimum Gasteiger partial charge on any atom is -0.334 e. The van der Waals surface area contributed by atoms with Crippen LogP contribution >= 0.6 is 22.6 Å². The van der Waals surface area contributed by atoms with Crippen molar-refractivity contribution in [2.75, 3.05) is 19.6 Å². The molecule has 4 heteroatoms. The van der Waals surface area contributed by atoms with E-state index in [0.29, 0.717) is 6.04 Å². The summed E-state index contributed by atoms with van der Waals surface area (Å²) in [7, 11) is 0. The van der Waals surface area contributed by atoms with Crippen LogP contribution in [0.4, 0.5) is 0 Å². The highest BCUT2D eigenvalue weighted by molar-refractivity contribution is 14.1. The van der Waals surface area contributed by atoms with Gasteiger partial charge < -0.3 is 10.2 Å². The van der Waals surface area contributed by atoms with Crippen LogP contribution in [0, 0.1) is 10.5 Å². The molecule has 0 aromatic heterocycles. The molecule has 0 bridgehead atoms. The molecule has 0 aliphatic carbocycles. The third kappa shape index (κ3) is 3.48. The molecule has 3 nitrogen and oxygen atoms in total. The van der Waals surface area contributed by atoms with Crippen LogP contribution in [0.25, 0.3) is 0 Å². The number of amides is 1. The predicted molar refractivity (Wildman–Crippen MR) is 86.5 cm³/mol. The zero-order chi connectivity index (χ0) is 13.8. The first-order valence-electron chi connectivity index (χ1n) is 6.91. The number of aryl methyl sites for hydroxylation is 1. The first kappa shape index (κ1) is 14.8. The first-order chi connectivity index (χ1) is 9.13. The Morgan fingerprint density at radius 3 is 2.89 bits per heavy atom. The Morgan fingerprint density at radius 1 is 1.53 bits per heavy atom. The summed E-state index contributed by atoms with van der Waals surface area (Å²) < 4.78 is 1.16. The van der Waals surface area contributed by atoms with Crippen molar-refractivity contribution in [1.82, 2.24) is 10.2 Å². The van der Waals surface area contributed by atoms with Crippen LogP contribution in [-0.2, 0) is 0 Å². The molecule has 1 amide bonds. The van der Waals surface area contributed by atoms with Crippen LogP contribution in [0.2, 0.25) is 0 Å². The molecule has 1 N–H and O–H groups in total. The molecule has 1 aliphatic heterocycles. The van der Waals surface area contributed by atoms with Gasteiger partial charge in [0.15, 0.2) is 0 Å². The smallest absolute Gasteiger partial charge is 0.254 e. The van der Waals surface area contributed by atoms with Gasteiger partial charge in [-0.05, 0) is 66.6 Å². The van der Waals surface area contributed by atoms with Gasteiger partial charge in [0.05, 0.1) is 0 Å². The number of hydrogen-bond acceptors (Lipinski definition) is 2. The van der Waals surface area contributed by atoms with E-state index in [2.05, 4.69) is 41.8 Å². The second-order valence-electron chi connectivity index (χ2n) is 5.11. The monoisotopic (exact) mass is 372 g/mol. The highest BCUT2D eigenvalue weighted by Crippen LogP contribution is 2.18. The lowest BCUT2D eigenvalue weighted by atomic mass is 10.1. The third-order valence-corrected chi connectivity index (χ3v) is 4.78. The van der Waals surface area contributed by atoms with E-state index in [1.807, 2.05) is 23.1 Å². The number of carbonyl (C=O) groups excluding carboxylic acids is 1. The number of halogens is 1. The van der Waals surface area contributed by atoms with E-state index in [1.54, 1.807) is 0 Å². The maximum Gasteiger partial charge on any atom is 0.254 e. The Hall–Kier alpha value is -0.620. The standard InChI is InChI=1S/C15H21IN2O/c1-3-8-18(13-6-7-17-10-13)15(19)12-5-4-11(2)14(16)9-12/h4-5,9,13,17H,3,6-8,10H2,1-2H3. The summed E-state index contributed by atoms with van der Waals surface area (Å²) in [4.78, 5) is 14.7. The first-order valence-corrected chi connectivity index (χ1v) is 7.99. The molecule has 1 heterocycles. The molecule has 104 valence electrons. The summed E-state index contributed by atoms with van der Waals surface area (Å²) in [5.41, 5.74) is 2.04. The molecular formula is C15H21IN2O. The second-order valence-corrected chi connectivity index (χ2v) is 6.27. The van der Waals surface area contributed by atoms with Gasteiger partial charge in [0.1, 0.15) is 0 Å². The highest BCUT2D eigenvalue weighted by Gasteiger charge is 2.26. The molecule has 1 aliphatic rings. The number of hydrogen-bond donors (Lipinski definition) is 1. The van der Waals surface area contributed by atoms with Crippen LogP contribution in [0.1, 0.15) is 35.7 Å². The molecule has 1 aromatic rings. The zero-order valence-corrected chi connectivity index (χ0v) is 13.7. The molecule has 1 unspecified atom stereocenters. The van der Waals surface area contributed by atoms with Crippen LogP contribution in [0.5, 0.6) is 0 Å². The Morgan fingerprint density at radius 2 is 2.32 bits per heavy atom. The molecule has 1 atom stereocenters. The fourth-order valence-corrected chi connectivity index (χ4v) is 3.00. The van der Waals surface area contributed by atoms with Gasteiger partial charge in [0, 0.05) is 28.3 Å². The topological polar surface area (TPSA) is 32.3 Å². The van der Waals surface area contributed by atoms with E-state index >= 15 is 0 Å². The average Bonchev–Trinajstić information content (AvgIpc) is 2.92. The Bertz CT molecular complexity index is 455. The molecule has 0 spiro atoms. The van der Waals surface area contributed by atoms with Gasteiger partial charge in [-0.3, -0.25) is 4.79 Å². The van der Waals surface area contributed by atoms with E-state index in [9.17, 15) is 4.79 Å². The number of nitrogens with one attached hydrogen (secondary N) is 1. The van der Waals surface area contributed by atoms with Crippen molar-refractivity contribution in [2.24, 2.45) is 0 Å². The second kappa shape index (κ2) is 6.70. The van der Waals surface area contributed by atoms with Crippen molar-refractivity contribution in [3.8, 4) is 0 Å². The number of rotatable bonds is 4. The van der Waals surface area contributed by atoms with Crippen LogP contribution < -0.4 is 5.32 Å². The maximum absolute atomic E-state index is 12.7. The third-order valence-electron chi connectivity index (χ3n) is 3.62. The van der Waals surface area contributed by atoms with Crippen molar-refractivity contribution in [2.45, 2.75) is 32.7 Å². The lowest BCUT2D eigenvalue weighted by Gasteiger charge is -2.28. The largest absolute Gasteiger partial charge is 0.334 e. The lowest BCUT2D eigenvalue weighted by molar-refractivity contribution is 0.0692. The molecule has 0 radical (unpaired) electrons. The molecule has 0 saturated carbocycles. The number of carbonyl (C=O) groups is 1. The van der Waals surface area contributed by atoms with Crippen molar-refractivity contribution < 1.29 is 4.79 Å². The summed E-state index contributed by atoms with van der Waals surface area (Å²) in [6, 6.07) is 6.34. The van der Waals surface area contributed by atoms with Crippen LogP contribution in [0.3, 0.4) is 0 Å². The number of nitrogens with zero attached hydrogens (tertiary/aromatic N) is 1. The van der Waals surface area contributed by atoms with E-state index in [1.165, 1.54) is 5.56 Å².